The highest BCUT2D eigenvalue weighted by molar-refractivity contribution is 5.95. The first kappa shape index (κ1) is 22.0. The fraction of sp³-hybridized carbons (Fsp3) is 0.208. The van der Waals surface area contributed by atoms with E-state index >= 15 is 0 Å². The average Bonchev–Trinajstić information content (AvgIpc) is 2.73. The maximum Gasteiger partial charge on any atom is 0.416 e. The van der Waals surface area contributed by atoms with Gasteiger partial charge in [-0.2, -0.15) is 13.2 Å². The van der Waals surface area contributed by atoms with Crippen LogP contribution in [-0.4, -0.2) is 5.91 Å². The van der Waals surface area contributed by atoms with Gasteiger partial charge in [-0.15, -0.1) is 0 Å². The first-order valence-electron chi connectivity index (χ1n) is 9.32. The molecular formula is C24H22F3NO. The third-order valence-corrected chi connectivity index (χ3v) is 4.15. The molecule has 3 rings (SSSR count). The Morgan fingerprint density at radius 2 is 1.62 bits per heavy atom. The van der Waals surface area contributed by atoms with Crippen LogP contribution in [0.5, 0.6) is 0 Å². The second kappa shape index (κ2) is 9.79. The molecule has 0 spiro atoms. The van der Waals surface area contributed by atoms with Gasteiger partial charge in [-0.3, -0.25) is 4.79 Å². The number of carbonyl (C=O) groups excluding carboxylic acids is 1. The summed E-state index contributed by atoms with van der Waals surface area (Å²) in [6, 6.07) is 17.9. The number of rotatable bonds is 2. The number of hydrogen-bond acceptors (Lipinski definition) is 1. The minimum absolute atomic E-state index is 0.137. The van der Waals surface area contributed by atoms with Crippen molar-refractivity contribution in [1.29, 1.82) is 0 Å². The molecule has 1 N–H and O–H groups in total. The van der Waals surface area contributed by atoms with E-state index in [0.717, 1.165) is 28.5 Å². The summed E-state index contributed by atoms with van der Waals surface area (Å²) in [5.74, 6) is 4.30. The predicted octanol–water partition coefficient (Wildman–Crippen LogP) is 6.11. The lowest BCUT2D eigenvalue weighted by Crippen LogP contribution is -2.25. The monoisotopic (exact) mass is 397 g/mol. The maximum atomic E-state index is 12.7. The summed E-state index contributed by atoms with van der Waals surface area (Å²) >= 11 is 0. The van der Waals surface area contributed by atoms with E-state index in [2.05, 4.69) is 17.2 Å². The molecule has 0 radical (unpaired) electrons. The number of fused-ring (bicyclic) bond motifs is 1. The molecule has 0 aromatic heterocycles. The zero-order valence-electron chi connectivity index (χ0n) is 16.5. The van der Waals surface area contributed by atoms with Gasteiger partial charge in [0.05, 0.1) is 11.6 Å². The molecule has 1 unspecified atom stereocenters. The minimum atomic E-state index is -4.44. The molecule has 5 heteroatoms. The van der Waals surface area contributed by atoms with Crippen LogP contribution in [0.4, 0.5) is 13.2 Å². The predicted molar refractivity (Wildman–Crippen MR) is 110 cm³/mol. The highest BCUT2D eigenvalue weighted by Crippen LogP contribution is 2.29. The number of alkyl halides is 3. The number of hydrogen-bond donors (Lipinski definition) is 1. The van der Waals surface area contributed by atoms with Gasteiger partial charge in [-0.05, 0) is 41.5 Å². The molecule has 0 bridgehead atoms. The number of halogens is 3. The maximum absolute atomic E-state index is 12.7. The van der Waals surface area contributed by atoms with Crippen molar-refractivity contribution in [2.45, 2.75) is 33.0 Å². The fourth-order valence-corrected chi connectivity index (χ4v) is 2.84. The molecule has 0 aliphatic carbocycles. The van der Waals surface area contributed by atoms with Gasteiger partial charge in [0.15, 0.2) is 0 Å². The molecule has 3 aromatic rings. The Balaban J connectivity index is 0.00000145. The first-order chi connectivity index (χ1) is 13.8. The molecule has 2 nitrogen and oxygen atoms in total. The van der Waals surface area contributed by atoms with Gasteiger partial charge in [0.2, 0.25) is 0 Å². The average molecular weight is 397 g/mol. The van der Waals surface area contributed by atoms with Crippen molar-refractivity contribution >= 4 is 16.7 Å². The highest BCUT2D eigenvalue weighted by Gasteiger charge is 2.30. The van der Waals surface area contributed by atoms with E-state index in [-0.39, 0.29) is 11.6 Å². The summed E-state index contributed by atoms with van der Waals surface area (Å²) in [7, 11) is 0. The number of benzene rings is 3. The van der Waals surface area contributed by atoms with Gasteiger partial charge in [0, 0.05) is 11.5 Å². The number of amides is 1. The van der Waals surface area contributed by atoms with Gasteiger partial charge in [0.1, 0.15) is 0 Å². The van der Waals surface area contributed by atoms with E-state index in [1.807, 2.05) is 63.2 Å². The molecule has 1 amide bonds. The van der Waals surface area contributed by atoms with Crippen molar-refractivity contribution in [1.82, 2.24) is 5.32 Å². The topological polar surface area (TPSA) is 29.1 Å². The van der Waals surface area contributed by atoms with Gasteiger partial charge in [-0.25, -0.2) is 0 Å². The smallest absolute Gasteiger partial charge is 0.339 e. The van der Waals surface area contributed by atoms with Crippen LogP contribution in [0.3, 0.4) is 0 Å². The van der Waals surface area contributed by atoms with E-state index in [0.29, 0.717) is 0 Å². The normalized spacial score (nSPS) is 11.5. The Bertz CT molecular complexity index is 1040. The van der Waals surface area contributed by atoms with Gasteiger partial charge in [0.25, 0.3) is 5.91 Å². The second-order valence-electron chi connectivity index (χ2n) is 6.09. The standard InChI is InChI=1S/C22H16F3NO.C2H6/c1-15(19-11-5-8-17-7-2-3-10-20(17)19)26-21(27)13-12-16-6-4-9-18(14-16)22(23,24)25;1-2/h2-11,14-15H,1H3,(H,26,27);1-2H3. The van der Waals surface area contributed by atoms with Gasteiger partial charge in [-0.1, -0.05) is 68.3 Å². The molecule has 150 valence electrons. The SMILES string of the molecule is CC.CC(NC(=O)C#Cc1cccc(C(F)(F)F)c1)c1cccc2ccccc12. The highest BCUT2D eigenvalue weighted by atomic mass is 19.4. The fourth-order valence-electron chi connectivity index (χ4n) is 2.84. The van der Waals surface area contributed by atoms with Crippen LogP contribution in [0.2, 0.25) is 0 Å². The second-order valence-corrected chi connectivity index (χ2v) is 6.09. The lowest BCUT2D eigenvalue weighted by molar-refractivity contribution is -0.137. The summed E-state index contributed by atoms with van der Waals surface area (Å²) in [6.07, 6.45) is -4.44. The summed E-state index contributed by atoms with van der Waals surface area (Å²) in [5.41, 5.74) is 0.291. The lowest BCUT2D eigenvalue weighted by Gasteiger charge is -2.15. The first-order valence-corrected chi connectivity index (χ1v) is 9.32. The molecule has 29 heavy (non-hydrogen) atoms. The Kier molecular flexibility index (Phi) is 7.44. The van der Waals surface area contributed by atoms with Crippen molar-refractivity contribution in [2.75, 3.05) is 0 Å². The van der Waals surface area contributed by atoms with Gasteiger partial charge < -0.3 is 5.32 Å². The van der Waals surface area contributed by atoms with E-state index in [4.69, 9.17) is 0 Å². The zero-order chi connectivity index (χ0) is 21.4. The Morgan fingerprint density at radius 3 is 2.34 bits per heavy atom. The third kappa shape index (κ3) is 5.86. The van der Waals surface area contributed by atoms with Crippen LogP contribution in [0.25, 0.3) is 10.8 Å². The molecule has 0 heterocycles. The summed E-state index contributed by atoms with van der Waals surface area (Å²) < 4.78 is 38.2. The summed E-state index contributed by atoms with van der Waals surface area (Å²) in [4.78, 5) is 12.1. The molecule has 0 saturated carbocycles. The quantitative estimate of drug-likeness (QED) is 0.519. The van der Waals surface area contributed by atoms with E-state index in [1.54, 1.807) is 0 Å². The Morgan fingerprint density at radius 1 is 0.966 bits per heavy atom. The minimum Gasteiger partial charge on any atom is -0.339 e. The van der Waals surface area contributed by atoms with E-state index in [9.17, 15) is 18.0 Å². The van der Waals surface area contributed by atoms with Crippen LogP contribution < -0.4 is 5.32 Å². The number of nitrogens with one attached hydrogen (secondary N) is 1. The van der Waals surface area contributed by atoms with Crippen molar-refractivity contribution in [3.05, 3.63) is 83.4 Å². The molecule has 0 aliphatic rings. The van der Waals surface area contributed by atoms with E-state index < -0.39 is 17.6 Å². The largest absolute Gasteiger partial charge is 0.416 e. The van der Waals surface area contributed by atoms with Crippen molar-refractivity contribution in [3.8, 4) is 11.8 Å². The molecular weight excluding hydrogens is 375 g/mol. The van der Waals surface area contributed by atoms with Crippen LogP contribution in [0.1, 0.15) is 43.5 Å². The molecule has 3 aromatic carbocycles. The molecule has 0 saturated heterocycles. The number of carbonyl (C=O) groups is 1. The van der Waals surface area contributed by atoms with Gasteiger partial charge >= 0.3 is 6.18 Å². The van der Waals surface area contributed by atoms with Crippen LogP contribution in [0.15, 0.2) is 66.7 Å². The van der Waals surface area contributed by atoms with Crippen molar-refractivity contribution < 1.29 is 18.0 Å². The Hall–Kier alpha value is -3.26. The summed E-state index contributed by atoms with van der Waals surface area (Å²) in [6.45, 7) is 5.84. The van der Waals surface area contributed by atoms with Crippen LogP contribution in [-0.2, 0) is 11.0 Å². The van der Waals surface area contributed by atoms with Crippen molar-refractivity contribution in [3.63, 3.8) is 0 Å². The van der Waals surface area contributed by atoms with E-state index in [1.165, 1.54) is 12.1 Å². The lowest BCUT2D eigenvalue weighted by atomic mass is 10.00. The Labute approximate surface area is 168 Å². The zero-order valence-corrected chi connectivity index (χ0v) is 16.5. The molecule has 1 atom stereocenters. The van der Waals surface area contributed by atoms with Crippen LogP contribution >= 0.6 is 0 Å². The summed E-state index contributed by atoms with van der Waals surface area (Å²) in [5, 5.41) is 4.86. The third-order valence-electron chi connectivity index (χ3n) is 4.15. The van der Waals surface area contributed by atoms with Crippen molar-refractivity contribution in [2.24, 2.45) is 0 Å². The molecule has 0 fully saturated rings. The van der Waals surface area contributed by atoms with Crippen LogP contribution in [0, 0.1) is 11.8 Å². The molecule has 0 aliphatic heterocycles.